The van der Waals surface area contributed by atoms with Crippen molar-refractivity contribution in [2.45, 2.75) is 20.0 Å². The minimum Gasteiger partial charge on any atom is -0.296 e. The Bertz CT molecular complexity index is 469. The van der Waals surface area contributed by atoms with E-state index in [-0.39, 0.29) is 0 Å². The molecule has 4 heteroatoms. The van der Waals surface area contributed by atoms with E-state index in [4.69, 9.17) is 0 Å². The van der Waals surface area contributed by atoms with Crippen LogP contribution in [-0.2, 0) is 13.1 Å². The molecule has 0 aromatic carbocycles. The van der Waals surface area contributed by atoms with Gasteiger partial charge in [-0.3, -0.25) is 19.9 Å². The van der Waals surface area contributed by atoms with E-state index in [9.17, 15) is 0 Å². The number of nitrogens with zero attached hydrogens (tertiary/aromatic N) is 4. The third-order valence-corrected chi connectivity index (χ3v) is 2.95. The summed E-state index contributed by atoms with van der Waals surface area (Å²) in [7, 11) is 0. The largest absolute Gasteiger partial charge is 0.296 e. The van der Waals surface area contributed by atoms with Gasteiger partial charge in [-0.05, 0) is 37.4 Å². The molecular weight excluding hydrogens is 248 g/mol. The number of aliphatic imine (C=N–C) groups is 1. The lowest BCUT2D eigenvalue weighted by atomic mass is 10.3. The molecule has 0 spiro atoms. The molecule has 0 bridgehead atoms. The van der Waals surface area contributed by atoms with Crippen molar-refractivity contribution in [3.05, 3.63) is 60.2 Å². The van der Waals surface area contributed by atoms with Gasteiger partial charge < -0.3 is 0 Å². The monoisotopic (exact) mass is 268 g/mol. The fourth-order valence-electron chi connectivity index (χ4n) is 1.98. The Hall–Kier alpha value is -2.07. The molecule has 0 aliphatic rings. The Kier molecular flexibility index (Phi) is 5.86. The highest BCUT2D eigenvalue weighted by Gasteiger charge is 2.07. The van der Waals surface area contributed by atoms with E-state index < -0.39 is 0 Å². The zero-order valence-corrected chi connectivity index (χ0v) is 11.8. The van der Waals surface area contributed by atoms with Crippen LogP contribution in [0.2, 0.25) is 0 Å². The van der Waals surface area contributed by atoms with Crippen LogP contribution in [0, 0.1) is 0 Å². The summed E-state index contributed by atoms with van der Waals surface area (Å²) in [5.74, 6) is 0. The van der Waals surface area contributed by atoms with Crippen molar-refractivity contribution >= 4 is 6.21 Å². The fraction of sp³-hybridized carbons (Fsp3) is 0.312. The lowest BCUT2D eigenvalue weighted by Crippen LogP contribution is -2.26. The van der Waals surface area contributed by atoms with Crippen LogP contribution in [0.3, 0.4) is 0 Å². The first-order chi connectivity index (χ1) is 9.88. The molecule has 2 aromatic rings. The van der Waals surface area contributed by atoms with Gasteiger partial charge in [-0.2, -0.15) is 0 Å². The predicted octanol–water partition coefficient (Wildman–Crippen LogP) is 2.57. The van der Waals surface area contributed by atoms with E-state index in [0.29, 0.717) is 0 Å². The highest BCUT2D eigenvalue weighted by atomic mass is 15.1. The molecule has 4 nitrogen and oxygen atoms in total. The molecule has 0 unspecified atom stereocenters. The first-order valence-electron chi connectivity index (χ1n) is 6.85. The average Bonchev–Trinajstić information content (AvgIpc) is 2.49. The Morgan fingerprint density at radius 3 is 2.05 bits per heavy atom. The SMILES string of the molecule is CC=NCCN(Cc1ccccn1)Cc1ccccn1. The minimum atomic E-state index is 0.802. The van der Waals surface area contributed by atoms with Gasteiger partial charge in [0.1, 0.15) is 0 Å². The van der Waals surface area contributed by atoms with Gasteiger partial charge in [-0.15, -0.1) is 0 Å². The van der Waals surface area contributed by atoms with Gasteiger partial charge in [0.05, 0.1) is 17.9 Å². The van der Waals surface area contributed by atoms with E-state index in [1.54, 1.807) is 0 Å². The summed E-state index contributed by atoms with van der Waals surface area (Å²) >= 11 is 0. The van der Waals surface area contributed by atoms with Gasteiger partial charge in [0.25, 0.3) is 0 Å². The lowest BCUT2D eigenvalue weighted by Gasteiger charge is -2.20. The van der Waals surface area contributed by atoms with Crippen LogP contribution < -0.4 is 0 Å². The van der Waals surface area contributed by atoms with E-state index in [1.807, 2.05) is 49.8 Å². The molecule has 0 saturated carbocycles. The smallest absolute Gasteiger partial charge is 0.0544 e. The molecule has 0 amide bonds. The average molecular weight is 268 g/mol. The highest BCUT2D eigenvalue weighted by Crippen LogP contribution is 2.06. The zero-order valence-electron chi connectivity index (χ0n) is 11.8. The first kappa shape index (κ1) is 14.3. The van der Waals surface area contributed by atoms with Crippen LogP contribution in [0.25, 0.3) is 0 Å². The van der Waals surface area contributed by atoms with Crippen molar-refractivity contribution in [1.29, 1.82) is 0 Å². The van der Waals surface area contributed by atoms with Crippen molar-refractivity contribution in [3.8, 4) is 0 Å². The van der Waals surface area contributed by atoms with Crippen LogP contribution in [0.15, 0.2) is 53.8 Å². The van der Waals surface area contributed by atoms with Crippen molar-refractivity contribution in [2.24, 2.45) is 4.99 Å². The summed E-state index contributed by atoms with van der Waals surface area (Å²) in [4.78, 5) is 15.4. The van der Waals surface area contributed by atoms with Crippen LogP contribution in [0.5, 0.6) is 0 Å². The Morgan fingerprint density at radius 2 is 1.60 bits per heavy atom. The molecule has 0 N–H and O–H groups in total. The second kappa shape index (κ2) is 8.17. The van der Waals surface area contributed by atoms with Crippen molar-refractivity contribution < 1.29 is 0 Å². The third kappa shape index (κ3) is 4.90. The molecule has 20 heavy (non-hydrogen) atoms. The molecule has 2 heterocycles. The molecular formula is C16H20N4. The maximum Gasteiger partial charge on any atom is 0.0544 e. The molecule has 0 fully saturated rings. The van der Waals surface area contributed by atoms with Gasteiger partial charge in [0.2, 0.25) is 0 Å². The Labute approximate surface area is 120 Å². The highest BCUT2D eigenvalue weighted by molar-refractivity contribution is 5.53. The van der Waals surface area contributed by atoms with E-state index >= 15 is 0 Å². The number of hydrogen-bond acceptors (Lipinski definition) is 4. The molecule has 0 aliphatic heterocycles. The van der Waals surface area contributed by atoms with Gasteiger partial charge >= 0.3 is 0 Å². The predicted molar refractivity (Wildman–Crippen MR) is 81.6 cm³/mol. The maximum atomic E-state index is 4.39. The zero-order chi connectivity index (χ0) is 14.0. The maximum absolute atomic E-state index is 4.39. The number of rotatable bonds is 7. The second-order valence-electron chi connectivity index (χ2n) is 4.52. The topological polar surface area (TPSA) is 41.4 Å². The van der Waals surface area contributed by atoms with Gasteiger partial charge in [-0.1, -0.05) is 12.1 Å². The summed E-state index contributed by atoms with van der Waals surface area (Å²) in [5, 5.41) is 0. The fourth-order valence-corrected chi connectivity index (χ4v) is 1.98. The summed E-state index contributed by atoms with van der Waals surface area (Å²) < 4.78 is 0. The van der Waals surface area contributed by atoms with Crippen molar-refractivity contribution in [3.63, 3.8) is 0 Å². The van der Waals surface area contributed by atoms with Crippen molar-refractivity contribution in [1.82, 2.24) is 14.9 Å². The molecule has 104 valence electrons. The molecule has 2 aromatic heterocycles. The molecule has 0 radical (unpaired) electrons. The number of aromatic nitrogens is 2. The van der Waals surface area contributed by atoms with Crippen LogP contribution >= 0.6 is 0 Å². The molecule has 2 rings (SSSR count). The van der Waals surface area contributed by atoms with Gasteiger partial charge in [0.15, 0.2) is 0 Å². The number of pyridine rings is 2. The molecule has 0 aliphatic carbocycles. The summed E-state index contributed by atoms with van der Waals surface area (Å²) in [6.45, 7) is 5.28. The molecule has 0 atom stereocenters. The lowest BCUT2D eigenvalue weighted by molar-refractivity contribution is 0.258. The summed E-state index contributed by atoms with van der Waals surface area (Å²) in [5.41, 5.74) is 2.15. The first-order valence-corrected chi connectivity index (χ1v) is 6.85. The van der Waals surface area contributed by atoms with E-state index in [1.165, 1.54) is 0 Å². The van der Waals surface area contributed by atoms with Crippen LogP contribution in [0.4, 0.5) is 0 Å². The Morgan fingerprint density at radius 1 is 1.00 bits per heavy atom. The van der Waals surface area contributed by atoms with Crippen LogP contribution in [0.1, 0.15) is 18.3 Å². The third-order valence-electron chi connectivity index (χ3n) is 2.95. The Balaban J connectivity index is 2.00. The van der Waals surface area contributed by atoms with Gasteiger partial charge in [-0.25, -0.2) is 0 Å². The quantitative estimate of drug-likeness (QED) is 0.725. The van der Waals surface area contributed by atoms with Gasteiger partial charge in [0, 0.05) is 32.0 Å². The standard InChI is InChI=1S/C16H20N4/c1-2-17-11-12-20(13-15-7-3-5-9-18-15)14-16-8-4-6-10-19-16/h2-10H,11-14H2,1H3. The minimum absolute atomic E-state index is 0.802. The summed E-state index contributed by atoms with van der Waals surface area (Å²) in [6, 6.07) is 12.0. The number of hydrogen-bond donors (Lipinski definition) is 0. The van der Waals surface area contributed by atoms with Crippen LogP contribution in [-0.4, -0.2) is 34.2 Å². The van der Waals surface area contributed by atoms with Crippen molar-refractivity contribution in [2.75, 3.05) is 13.1 Å². The summed E-state index contributed by atoms with van der Waals surface area (Å²) in [6.07, 6.45) is 5.51. The van der Waals surface area contributed by atoms with E-state index in [0.717, 1.165) is 37.6 Å². The van der Waals surface area contributed by atoms with E-state index in [2.05, 4.69) is 32.0 Å². The molecule has 0 saturated heterocycles. The normalized spacial score (nSPS) is 11.3. The second-order valence-corrected chi connectivity index (χ2v) is 4.52.